The first kappa shape index (κ1) is 22.1. The second-order valence-electron chi connectivity index (χ2n) is 10.2. The van der Waals surface area contributed by atoms with Gasteiger partial charge in [-0.05, 0) is 57.7 Å². The van der Waals surface area contributed by atoms with Gasteiger partial charge in [-0.15, -0.1) is 0 Å². The third kappa shape index (κ3) is 4.30. The molecule has 31 heavy (non-hydrogen) atoms. The predicted octanol–water partition coefficient (Wildman–Crippen LogP) is 3.56. The van der Waals surface area contributed by atoms with Crippen molar-refractivity contribution in [3.63, 3.8) is 0 Å². The van der Waals surface area contributed by atoms with Crippen molar-refractivity contribution >= 4 is 12.1 Å². The summed E-state index contributed by atoms with van der Waals surface area (Å²) >= 11 is 0. The molecule has 170 valence electrons. The number of nitrogens with zero attached hydrogens (tertiary/aromatic N) is 2. The standard InChI is InChI=1S/C24H34N2O5/c1-16-17(7-8-18-19(16)14-30-21(18)28)20(27)13-25-11-12-26(22(29)31-23(2,3)4)24(15-25)9-5-6-10-24/h7-8,20,27H,5-6,9-15H2,1-4H3/t20-/m0/s1. The fourth-order valence-corrected chi connectivity index (χ4v) is 5.35. The van der Waals surface area contributed by atoms with Crippen LogP contribution in [0.25, 0.3) is 0 Å². The number of aliphatic hydroxyl groups excluding tert-OH is 1. The van der Waals surface area contributed by atoms with E-state index in [0.29, 0.717) is 25.2 Å². The number of amides is 1. The lowest BCUT2D eigenvalue weighted by molar-refractivity contribution is -0.0394. The fourth-order valence-electron chi connectivity index (χ4n) is 5.35. The van der Waals surface area contributed by atoms with Gasteiger partial charge in [0.25, 0.3) is 0 Å². The third-order valence-corrected chi connectivity index (χ3v) is 6.88. The monoisotopic (exact) mass is 430 g/mol. The number of carbonyl (C=O) groups is 2. The summed E-state index contributed by atoms with van der Waals surface area (Å²) in [6.45, 7) is 10.5. The van der Waals surface area contributed by atoms with Crippen LogP contribution in [-0.2, 0) is 16.1 Å². The Balaban J connectivity index is 1.47. The van der Waals surface area contributed by atoms with E-state index in [9.17, 15) is 14.7 Å². The summed E-state index contributed by atoms with van der Waals surface area (Å²) in [5.74, 6) is -0.291. The Labute approximate surface area is 184 Å². The zero-order valence-corrected chi connectivity index (χ0v) is 19.1. The molecular weight excluding hydrogens is 396 g/mol. The van der Waals surface area contributed by atoms with Gasteiger partial charge in [0.2, 0.25) is 0 Å². The van der Waals surface area contributed by atoms with Crippen LogP contribution < -0.4 is 0 Å². The highest BCUT2D eigenvalue weighted by atomic mass is 16.6. The van der Waals surface area contributed by atoms with Crippen molar-refractivity contribution in [2.24, 2.45) is 0 Å². The van der Waals surface area contributed by atoms with E-state index in [-0.39, 0.29) is 24.2 Å². The lowest BCUT2D eigenvalue weighted by Crippen LogP contribution is -2.63. The summed E-state index contributed by atoms with van der Waals surface area (Å²) in [6.07, 6.45) is 3.26. The van der Waals surface area contributed by atoms with Gasteiger partial charge in [-0.3, -0.25) is 9.80 Å². The van der Waals surface area contributed by atoms with Gasteiger partial charge < -0.3 is 14.6 Å². The molecular formula is C24H34N2O5. The van der Waals surface area contributed by atoms with Crippen molar-refractivity contribution in [2.45, 2.75) is 77.2 Å². The molecule has 1 spiro atoms. The highest BCUT2D eigenvalue weighted by molar-refractivity contribution is 5.93. The number of benzene rings is 1. The molecule has 1 aromatic rings. The summed E-state index contributed by atoms with van der Waals surface area (Å²) in [7, 11) is 0. The van der Waals surface area contributed by atoms with Crippen LogP contribution in [0, 0.1) is 6.92 Å². The van der Waals surface area contributed by atoms with Crippen LogP contribution in [0.2, 0.25) is 0 Å². The van der Waals surface area contributed by atoms with E-state index < -0.39 is 11.7 Å². The number of esters is 1. The molecule has 0 bridgehead atoms. The number of piperazine rings is 1. The minimum absolute atomic E-state index is 0.215. The molecule has 7 heteroatoms. The Bertz CT molecular complexity index is 869. The molecule has 2 heterocycles. The van der Waals surface area contributed by atoms with Gasteiger partial charge in [-0.1, -0.05) is 18.9 Å². The Kier molecular flexibility index (Phi) is 5.77. The van der Waals surface area contributed by atoms with E-state index in [1.165, 1.54) is 0 Å². The average Bonchev–Trinajstić information content (AvgIpc) is 3.28. The first-order valence-corrected chi connectivity index (χ1v) is 11.3. The van der Waals surface area contributed by atoms with Gasteiger partial charge in [0, 0.05) is 31.7 Å². The lowest BCUT2D eigenvalue weighted by Gasteiger charge is -2.49. The summed E-state index contributed by atoms with van der Waals surface area (Å²) < 4.78 is 10.8. The van der Waals surface area contributed by atoms with E-state index in [2.05, 4.69) is 4.90 Å². The van der Waals surface area contributed by atoms with Crippen molar-refractivity contribution in [3.8, 4) is 0 Å². The SMILES string of the molecule is Cc1c([C@@H](O)CN2CCN(C(=O)OC(C)(C)C)C3(CCCC3)C2)ccc2c1COC2=O. The van der Waals surface area contributed by atoms with Crippen LogP contribution in [0.1, 0.15) is 79.6 Å². The van der Waals surface area contributed by atoms with E-state index in [1.807, 2.05) is 38.7 Å². The summed E-state index contributed by atoms with van der Waals surface area (Å²) in [5.41, 5.74) is 2.52. The molecule has 1 saturated carbocycles. The van der Waals surface area contributed by atoms with Crippen molar-refractivity contribution < 1.29 is 24.2 Å². The predicted molar refractivity (Wildman–Crippen MR) is 116 cm³/mol. The fraction of sp³-hybridized carbons (Fsp3) is 0.667. The van der Waals surface area contributed by atoms with Gasteiger partial charge in [-0.2, -0.15) is 0 Å². The highest BCUT2D eigenvalue weighted by Gasteiger charge is 2.47. The van der Waals surface area contributed by atoms with Crippen LogP contribution >= 0.6 is 0 Å². The van der Waals surface area contributed by atoms with E-state index in [0.717, 1.165) is 48.9 Å². The number of ether oxygens (including phenoxy) is 2. The molecule has 0 radical (unpaired) electrons. The van der Waals surface area contributed by atoms with Gasteiger partial charge in [-0.25, -0.2) is 9.59 Å². The second kappa shape index (κ2) is 8.10. The van der Waals surface area contributed by atoms with E-state index in [4.69, 9.17) is 9.47 Å². The van der Waals surface area contributed by atoms with Gasteiger partial charge in [0.15, 0.2) is 0 Å². The quantitative estimate of drug-likeness (QED) is 0.739. The zero-order valence-electron chi connectivity index (χ0n) is 19.1. The Morgan fingerprint density at radius 2 is 1.97 bits per heavy atom. The number of rotatable bonds is 3. The van der Waals surface area contributed by atoms with Crippen LogP contribution in [-0.4, -0.2) is 64.3 Å². The number of hydrogen-bond donors (Lipinski definition) is 1. The molecule has 2 aliphatic heterocycles. The van der Waals surface area contributed by atoms with Crippen LogP contribution in [0.3, 0.4) is 0 Å². The number of cyclic esters (lactones) is 1. The van der Waals surface area contributed by atoms with Gasteiger partial charge in [0.05, 0.1) is 17.2 Å². The molecule has 2 fully saturated rings. The highest BCUT2D eigenvalue weighted by Crippen LogP contribution is 2.39. The average molecular weight is 431 g/mol. The summed E-state index contributed by atoms with van der Waals surface area (Å²) in [5, 5.41) is 11.0. The molecule has 1 aromatic carbocycles. The Morgan fingerprint density at radius 1 is 1.26 bits per heavy atom. The van der Waals surface area contributed by atoms with Crippen molar-refractivity contribution in [1.82, 2.24) is 9.80 Å². The van der Waals surface area contributed by atoms with Gasteiger partial charge >= 0.3 is 12.1 Å². The molecule has 3 aliphatic rings. The molecule has 4 rings (SSSR count). The minimum atomic E-state index is -0.660. The molecule has 1 saturated heterocycles. The maximum absolute atomic E-state index is 12.9. The maximum atomic E-state index is 12.9. The van der Waals surface area contributed by atoms with E-state index >= 15 is 0 Å². The second-order valence-corrected chi connectivity index (χ2v) is 10.2. The van der Waals surface area contributed by atoms with Crippen molar-refractivity contribution in [3.05, 3.63) is 34.4 Å². The normalized spacial score (nSPS) is 21.8. The first-order valence-electron chi connectivity index (χ1n) is 11.3. The Morgan fingerprint density at radius 3 is 2.65 bits per heavy atom. The molecule has 0 unspecified atom stereocenters. The number of β-amino-alcohol motifs (C(OH)–C–C–N with tert-alkyl or cyclic N) is 1. The smallest absolute Gasteiger partial charge is 0.410 e. The topological polar surface area (TPSA) is 79.3 Å². The largest absolute Gasteiger partial charge is 0.457 e. The van der Waals surface area contributed by atoms with Crippen LogP contribution in [0.15, 0.2) is 12.1 Å². The van der Waals surface area contributed by atoms with Crippen LogP contribution in [0.5, 0.6) is 0 Å². The third-order valence-electron chi connectivity index (χ3n) is 6.88. The molecule has 1 aliphatic carbocycles. The maximum Gasteiger partial charge on any atom is 0.410 e. The molecule has 0 aromatic heterocycles. The number of fused-ring (bicyclic) bond motifs is 1. The lowest BCUT2D eigenvalue weighted by atomic mass is 9.91. The molecule has 1 amide bonds. The molecule has 1 N–H and O–H groups in total. The van der Waals surface area contributed by atoms with Crippen molar-refractivity contribution in [1.29, 1.82) is 0 Å². The Hall–Kier alpha value is -2.12. The summed E-state index contributed by atoms with van der Waals surface area (Å²) in [6, 6.07) is 3.60. The van der Waals surface area contributed by atoms with Crippen molar-refractivity contribution in [2.75, 3.05) is 26.2 Å². The minimum Gasteiger partial charge on any atom is -0.457 e. The van der Waals surface area contributed by atoms with E-state index in [1.54, 1.807) is 6.07 Å². The number of carbonyl (C=O) groups excluding carboxylic acids is 2. The number of aliphatic hydroxyl groups is 1. The zero-order chi connectivity index (χ0) is 22.4. The molecule has 7 nitrogen and oxygen atoms in total. The van der Waals surface area contributed by atoms with Crippen LogP contribution in [0.4, 0.5) is 4.79 Å². The van der Waals surface area contributed by atoms with Gasteiger partial charge in [0.1, 0.15) is 12.2 Å². The number of hydrogen-bond acceptors (Lipinski definition) is 6. The summed E-state index contributed by atoms with van der Waals surface area (Å²) in [4.78, 5) is 28.9. The molecule has 1 atom stereocenters. The first-order chi connectivity index (χ1) is 14.6.